The predicted molar refractivity (Wildman–Crippen MR) is 149 cm³/mol. The van der Waals surface area contributed by atoms with E-state index in [0.29, 0.717) is 5.02 Å². The molecule has 3 aromatic carbocycles. The van der Waals surface area contributed by atoms with Crippen LogP contribution in [0.25, 0.3) is 12.2 Å². The number of carbonyl (C=O) groups excluding carboxylic acids is 1. The molecule has 1 amide bonds. The van der Waals surface area contributed by atoms with E-state index in [2.05, 4.69) is 6.08 Å². The van der Waals surface area contributed by atoms with Gasteiger partial charge in [-0.05, 0) is 90.1 Å². The third-order valence-corrected chi connectivity index (χ3v) is 7.18. The first kappa shape index (κ1) is 24.8. The van der Waals surface area contributed by atoms with Crippen LogP contribution in [0.3, 0.4) is 0 Å². The number of methoxy groups -OCH3 is 2. The zero-order valence-electron chi connectivity index (χ0n) is 20.9. The van der Waals surface area contributed by atoms with E-state index in [9.17, 15) is 4.79 Å². The van der Waals surface area contributed by atoms with E-state index in [1.807, 2.05) is 72.8 Å². The first-order valence-electron chi connectivity index (χ1n) is 12.4. The van der Waals surface area contributed by atoms with Gasteiger partial charge in [0.1, 0.15) is 11.5 Å². The lowest BCUT2D eigenvalue weighted by atomic mass is 9.77. The first-order chi connectivity index (χ1) is 18.1. The molecule has 1 saturated carbocycles. The van der Waals surface area contributed by atoms with Gasteiger partial charge in [-0.3, -0.25) is 4.79 Å². The smallest absolute Gasteiger partial charge is 0.267 e. The molecule has 1 aliphatic heterocycles. The lowest BCUT2D eigenvalue weighted by Crippen LogP contribution is -2.30. The highest BCUT2D eigenvalue weighted by atomic mass is 35.5. The number of hydrazone groups is 1. The molecule has 6 heteroatoms. The van der Waals surface area contributed by atoms with Crippen molar-refractivity contribution in [2.45, 2.75) is 25.3 Å². The van der Waals surface area contributed by atoms with Crippen molar-refractivity contribution in [3.8, 4) is 11.5 Å². The minimum atomic E-state index is -0.178. The van der Waals surface area contributed by atoms with Crippen LogP contribution in [0.5, 0.6) is 11.5 Å². The molecule has 3 aromatic rings. The van der Waals surface area contributed by atoms with Gasteiger partial charge in [-0.1, -0.05) is 48.0 Å². The number of amides is 1. The van der Waals surface area contributed by atoms with Crippen LogP contribution in [-0.4, -0.2) is 30.8 Å². The van der Waals surface area contributed by atoms with E-state index in [-0.39, 0.29) is 17.9 Å². The van der Waals surface area contributed by atoms with Crippen LogP contribution in [0.4, 0.5) is 0 Å². The highest BCUT2D eigenvalue weighted by Gasteiger charge is 2.43. The van der Waals surface area contributed by atoms with Crippen LogP contribution >= 0.6 is 11.6 Å². The zero-order chi connectivity index (χ0) is 25.8. The van der Waals surface area contributed by atoms with E-state index in [1.165, 1.54) is 5.57 Å². The quantitative estimate of drug-likeness (QED) is 0.328. The average molecular weight is 513 g/mol. The summed E-state index contributed by atoms with van der Waals surface area (Å²) in [5, 5.41) is 7.27. The second kappa shape index (κ2) is 11.1. The van der Waals surface area contributed by atoms with E-state index in [4.69, 9.17) is 26.2 Å². The molecular formula is C31H29ClN2O3. The van der Waals surface area contributed by atoms with Gasteiger partial charge in [-0.15, -0.1) is 0 Å². The molecular weight excluding hydrogens is 484 g/mol. The van der Waals surface area contributed by atoms with Crippen molar-refractivity contribution in [2.75, 3.05) is 14.2 Å². The summed E-state index contributed by atoms with van der Waals surface area (Å²) in [6.45, 7) is 0. The third-order valence-electron chi connectivity index (χ3n) is 6.93. The van der Waals surface area contributed by atoms with Gasteiger partial charge in [0.05, 0.1) is 26.0 Å². The van der Waals surface area contributed by atoms with E-state index in [1.54, 1.807) is 31.4 Å². The Morgan fingerprint density at radius 1 is 0.919 bits per heavy atom. The number of hydrogen-bond acceptors (Lipinski definition) is 4. The third kappa shape index (κ3) is 5.47. The van der Waals surface area contributed by atoms with Crippen molar-refractivity contribution in [1.82, 2.24) is 5.01 Å². The summed E-state index contributed by atoms with van der Waals surface area (Å²) in [7, 11) is 3.32. The van der Waals surface area contributed by atoms with Gasteiger partial charge in [-0.25, -0.2) is 5.01 Å². The molecule has 0 saturated heterocycles. The Hall–Kier alpha value is -3.83. The van der Waals surface area contributed by atoms with Crippen LogP contribution in [0.1, 0.15) is 42.0 Å². The number of allylic oxidation sites excluding steroid dienone is 1. The average Bonchev–Trinajstić information content (AvgIpc) is 3.34. The van der Waals surface area contributed by atoms with Gasteiger partial charge < -0.3 is 9.47 Å². The number of carbonyl (C=O) groups is 1. The maximum atomic E-state index is 13.5. The highest BCUT2D eigenvalue weighted by Crippen LogP contribution is 2.44. The maximum Gasteiger partial charge on any atom is 0.267 e. The Labute approximate surface area is 222 Å². The number of rotatable bonds is 6. The molecule has 5 rings (SSSR count). The number of benzene rings is 3. The molecule has 0 spiro atoms. The summed E-state index contributed by atoms with van der Waals surface area (Å²) in [6.07, 6.45) is 8.53. The van der Waals surface area contributed by atoms with E-state index in [0.717, 1.165) is 53.2 Å². The molecule has 1 aliphatic carbocycles. The monoisotopic (exact) mass is 512 g/mol. The fourth-order valence-corrected chi connectivity index (χ4v) is 5.16. The lowest BCUT2D eigenvalue weighted by Gasteiger charge is -2.29. The Morgan fingerprint density at radius 3 is 2.19 bits per heavy atom. The van der Waals surface area contributed by atoms with Crippen LogP contribution in [-0.2, 0) is 4.79 Å². The van der Waals surface area contributed by atoms with Crippen molar-refractivity contribution >= 4 is 35.4 Å². The van der Waals surface area contributed by atoms with Crippen molar-refractivity contribution in [3.05, 3.63) is 106 Å². The van der Waals surface area contributed by atoms with Gasteiger partial charge >= 0.3 is 0 Å². The van der Waals surface area contributed by atoms with E-state index < -0.39 is 0 Å². The molecule has 2 aliphatic rings. The van der Waals surface area contributed by atoms with Gasteiger partial charge in [0.2, 0.25) is 0 Å². The Morgan fingerprint density at radius 2 is 1.54 bits per heavy atom. The summed E-state index contributed by atoms with van der Waals surface area (Å²) >= 11 is 6.01. The second-order valence-electron chi connectivity index (χ2n) is 9.21. The number of fused-ring (bicyclic) bond motifs is 1. The fourth-order valence-electron chi connectivity index (χ4n) is 5.04. The Kier molecular flexibility index (Phi) is 7.42. The summed E-state index contributed by atoms with van der Waals surface area (Å²) in [6, 6.07) is 23.2. The predicted octanol–water partition coefficient (Wildman–Crippen LogP) is 7.19. The number of nitrogens with zero attached hydrogens (tertiary/aromatic N) is 2. The molecule has 2 atom stereocenters. The molecule has 1 heterocycles. The fraction of sp³-hybridized carbons (Fsp3) is 0.226. The summed E-state index contributed by atoms with van der Waals surface area (Å²) in [4.78, 5) is 13.5. The molecule has 188 valence electrons. The minimum absolute atomic E-state index is 0.125. The van der Waals surface area contributed by atoms with Crippen molar-refractivity contribution in [1.29, 1.82) is 0 Å². The molecule has 0 aromatic heterocycles. The van der Waals surface area contributed by atoms with Crippen LogP contribution in [0.2, 0.25) is 5.02 Å². The lowest BCUT2D eigenvalue weighted by molar-refractivity contribution is -0.128. The summed E-state index contributed by atoms with van der Waals surface area (Å²) in [5.74, 6) is 1.58. The molecule has 0 N–H and O–H groups in total. The van der Waals surface area contributed by atoms with Gasteiger partial charge in [0, 0.05) is 17.0 Å². The molecule has 0 radical (unpaired) electrons. The number of halogens is 1. The number of ether oxygens (including phenoxy) is 2. The summed E-state index contributed by atoms with van der Waals surface area (Å²) < 4.78 is 10.7. The van der Waals surface area contributed by atoms with Gasteiger partial charge in [-0.2, -0.15) is 5.10 Å². The minimum Gasteiger partial charge on any atom is -0.497 e. The number of hydrogen-bond donors (Lipinski definition) is 0. The Balaban J connectivity index is 1.49. The highest BCUT2D eigenvalue weighted by molar-refractivity contribution is 6.30. The first-order valence-corrected chi connectivity index (χ1v) is 12.8. The van der Waals surface area contributed by atoms with E-state index >= 15 is 0 Å². The second-order valence-corrected chi connectivity index (χ2v) is 9.65. The molecule has 5 nitrogen and oxygen atoms in total. The standard InChI is InChI=1S/C31H29ClN2O3/c1-36-26-15-8-22(9-16-26)20-24-4-3-5-28-30(24)33-34(31(28)23-11-17-27(37-2)18-12-23)29(35)19-10-21-6-13-25(32)14-7-21/h6-20,28,31H,3-5H2,1-2H3/b19-10+,24-20-/t28-,31-/m0/s1. The van der Waals surface area contributed by atoms with Crippen LogP contribution in [0, 0.1) is 5.92 Å². The van der Waals surface area contributed by atoms with Crippen molar-refractivity contribution in [3.63, 3.8) is 0 Å². The van der Waals surface area contributed by atoms with Gasteiger partial charge in [0.25, 0.3) is 5.91 Å². The van der Waals surface area contributed by atoms with Gasteiger partial charge in [0.15, 0.2) is 0 Å². The molecule has 37 heavy (non-hydrogen) atoms. The largest absolute Gasteiger partial charge is 0.497 e. The van der Waals surface area contributed by atoms with Crippen molar-refractivity contribution < 1.29 is 14.3 Å². The zero-order valence-corrected chi connectivity index (χ0v) is 21.7. The van der Waals surface area contributed by atoms with Crippen LogP contribution < -0.4 is 9.47 Å². The molecule has 0 unspecified atom stereocenters. The topological polar surface area (TPSA) is 51.1 Å². The summed E-state index contributed by atoms with van der Waals surface area (Å²) in [5.41, 5.74) is 5.21. The van der Waals surface area contributed by atoms with Crippen LogP contribution in [0.15, 0.2) is 89.5 Å². The Bertz CT molecular complexity index is 1340. The maximum absolute atomic E-state index is 13.5. The van der Waals surface area contributed by atoms with Crippen molar-refractivity contribution in [2.24, 2.45) is 11.0 Å². The normalized spacial score (nSPS) is 20.1. The SMILES string of the molecule is COc1ccc(/C=C2/CCC[C@H]3C2=NN(C(=O)/C=C/c2ccc(Cl)cc2)[C@H]3c2ccc(OC)cc2)cc1. The molecule has 0 bridgehead atoms. The molecule has 1 fully saturated rings.